The van der Waals surface area contributed by atoms with Crippen LogP contribution in [0.3, 0.4) is 0 Å². The third-order valence-electron chi connectivity index (χ3n) is 4.54. The van der Waals surface area contributed by atoms with E-state index in [0.717, 1.165) is 30.5 Å². The lowest BCUT2D eigenvalue weighted by Gasteiger charge is -2.31. The molecular weight excluding hydrogens is 347 g/mol. The van der Waals surface area contributed by atoms with Crippen LogP contribution in [-0.4, -0.2) is 29.2 Å². The van der Waals surface area contributed by atoms with E-state index in [0.29, 0.717) is 24.7 Å². The zero-order chi connectivity index (χ0) is 18.0. The highest BCUT2D eigenvalue weighted by Crippen LogP contribution is 2.32. The fourth-order valence-corrected chi connectivity index (χ4v) is 3.32. The number of anilines is 2. The van der Waals surface area contributed by atoms with Crippen LogP contribution in [0.2, 0.25) is 5.02 Å². The third-order valence-corrected chi connectivity index (χ3v) is 4.83. The molecular formula is C17H20ClFN4O2. The molecule has 0 aliphatic carbocycles. The molecule has 2 heterocycles. The first-order chi connectivity index (χ1) is 12.0. The van der Waals surface area contributed by atoms with Crippen molar-refractivity contribution in [3.63, 3.8) is 0 Å². The molecule has 1 saturated heterocycles. The SMILES string of the molecule is CCc1c(C2CCN(C(=O)Nc3ccc(F)c(Cl)c3)CC2)noc1N. The molecule has 0 atom stereocenters. The fourth-order valence-electron chi connectivity index (χ4n) is 3.14. The molecule has 1 aromatic heterocycles. The summed E-state index contributed by atoms with van der Waals surface area (Å²) in [6.45, 7) is 3.21. The molecule has 1 fully saturated rings. The molecule has 3 rings (SSSR count). The molecule has 0 radical (unpaired) electrons. The zero-order valence-corrected chi connectivity index (χ0v) is 14.6. The first-order valence-corrected chi connectivity index (χ1v) is 8.62. The number of hydrogen-bond acceptors (Lipinski definition) is 4. The van der Waals surface area contributed by atoms with E-state index in [9.17, 15) is 9.18 Å². The Morgan fingerprint density at radius 1 is 1.48 bits per heavy atom. The number of likely N-dealkylation sites (tertiary alicyclic amines) is 1. The summed E-state index contributed by atoms with van der Waals surface area (Å²) in [5, 5.41) is 6.82. The second kappa shape index (κ2) is 7.31. The summed E-state index contributed by atoms with van der Waals surface area (Å²) in [5.74, 6) is 0.102. The summed E-state index contributed by atoms with van der Waals surface area (Å²) >= 11 is 5.73. The highest BCUT2D eigenvalue weighted by Gasteiger charge is 2.28. The number of carbonyl (C=O) groups excluding carboxylic acids is 1. The van der Waals surface area contributed by atoms with Crippen molar-refractivity contribution in [1.29, 1.82) is 0 Å². The number of amides is 2. The molecule has 0 saturated carbocycles. The number of piperidine rings is 1. The molecule has 6 nitrogen and oxygen atoms in total. The van der Waals surface area contributed by atoms with E-state index in [1.54, 1.807) is 4.90 Å². The van der Waals surface area contributed by atoms with Crippen molar-refractivity contribution < 1.29 is 13.7 Å². The maximum atomic E-state index is 13.2. The number of nitrogens with zero attached hydrogens (tertiary/aromatic N) is 2. The number of nitrogens with one attached hydrogen (secondary N) is 1. The van der Waals surface area contributed by atoms with Gasteiger partial charge in [-0.15, -0.1) is 0 Å². The number of halogens is 2. The number of nitrogens with two attached hydrogens (primary N) is 1. The average molecular weight is 367 g/mol. The monoisotopic (exact) mass is 366 g/mol. The van der Waals surface area contributed by atoms with Gasteiger partial charge >= 0.3 is 6.03 Å². The van der Waals surface area contributed by atoms with Gasteiger partial charge in [0.25, 0.3) is 0 Å². The standard InChI is InChI=1S/C17H20ClFN4O2/c1-2-12-15(22-25-16(12)20)10-5-7-23(8-6-10)17(24)21-11-3-4-14(19)13(18)9-11/h3-4,9-10H,2,5-8,20H2,1H3,(H,21,24). The van der Waals surface area contributed by atoms with Gasteiger partial charge < -0.3 is 20.5 Å². The van der Waals surface area contributed by atoms with Crippen LogP contribution in [0.5, 0.6) is 0 Å². The number of hydrogen-bond donors (Lipinski definition) is 2. The van der Waals surface area contributed by atoms with E-state index in [-0.39, 0.29) is 17.0 Å². The smallest absolute Gasteiger partial charge is 0.321 e. The highest BCUT2D eigenvalue weighted by atomic mass is 35.5. The Bertz CT molecular complexity index is 772. The molecule has 1 aromatic carbocycles. The number of aromatic nitrogens is 1. The second-order valence-electron chi connectivity index (χ2n) is 6.08. The second-order valence-corrected chi connectivity index (χ2v) is 6.49. The summed E-state index contributed by atoms with van der Waals surface area (Å²) < 4.78 is 18.3. The van der Waals surface area contributed by atoms with Crippen LogP contribution in [0.4, 0.5) is 20.8 Å². The van der Waals surface area contributed by atoms with Gasteiger partial charge in [-0.25, -0.2) is 9.18 Å². The van der Waals surface area contributed by atoms with Crippen molar-refractivity contribution in [2.75, 3.05) is 24.1 Å². The number of carbonyl (C=O) groups is 1. The van der Waals surface area contributed by atoms with Crippen LogP contribution in [0.1, 0.15) is 36.9 Å². The molecule has 2 amide bonds. The molecule has 134 valence electrons. The maximum absolute atomic E-state index is 13.2. The number of nitrogen functional groups attached to an aromatic ring is 1. The highest BCUT2D eigenvalue weighted by molar-refractivity contribution is 6.31. The Morgan fingerprint density at radius 2 is 2.20 bits per heavy atom. The Hall–Kier alpha value is -2.28. The van der Waals surface area contributed by atoms with Gasteiger partial charge in [0.05, 0.1) is 10.7 Å². The van der Waals surface area contributed by atoms with Crippen molar-refractivity contribution in [1.82, 2.24) is 10.1 Å². The van der Waals surface area contributed by atoms with Gasteiger partial charge in [0.2, 0.25) is 5.88 Å². The van der Waals surface area contributed by atoms with E-state index in [1.807, 2.05) is 6.92 Å². The van der Waals surface area contributed by atoms with Gasteiger partial charge in [-0.05, 0) is 37.5 Å². The zero-order valence-electron chi connectivity index (χ0n) is 13.9. The molecule has 0 bridgehead atoms. The molecule has 1 aliphatic rings. The Morgan fingerprint density at radius 3 is 2.84 bits per heavy atom. The summed E-state index contributed by atoms with van der Waals surface area (Å²) in [7, 11) is 0. The van der Waals surface area contributed by atoms with Gasteiger partial charge in [-0.2, -0.15) is 0 Å². The van der Waals surface area contributed by atoms with Gasteiger partial charge in [0.15, 0.2) is 0 Å². The summed E-state index contributed by atoms with van der Waals surface area (Å²) in [6, 6.07) is 3.88. The van der Waals surface area contributed by atoms with E-state index >= 15 is 0 Å². The lowest BCUT2D eigenvalue weighted by Crippen LogP contribution is -2.40. The molecule has 8 heteroatoms. The van der Waals surface area contributed by atoms with Crippen molar-refractivity contribution in [2.24, 2.45) is 0 Å². The summed E-state index contributed by atoms with van der Waals surface area (Å²) in [5.41, 5.74) is 8.14. The van der Waals surface area contributed by atoms with Crippen molar-refractivity contribution in [2.45, 2.75) is 32.1 Å². The molecule has 0 unspecified atom stereocenters. The van der Waals surface area contributed by atoms with Gasteiger partial charge in [0, 0.05) is 30.3 Å². The summed E-state index contributed by atoms with van der Waals surface area (Å²) in [4.78, 5) is 14.1. The molecule has 1 aliphatic heterocycles. The predicted octanol–water partition coefficient (Wildman–Crippen LogP) is 4.02. The van der Waals surface area contributed by atoms with Gasteiger partial charge in [0.1, 0.15) is 5.82 Å². The Labute approximate surface area is 150 Å². The fraction of sp³-hybridized carbons (Fsp3) is 0.412. The Kier molecular flexibility index (Phi) is 5.13. The van der Waals surface area contributed by atoms with E-state index in [2.05, 4.69) is 10.5 Å². The van der Waals surface area contributed by atoms with Gasteiger partial charge in [-0.3, -0.25) is 0 Å². The minimum absolute atomic E-state index is 0.0211. The lowest BCUT2D eigenvalue weighted by atomic mass is 9.90. The lowest BCUT2D eigenvalue weighted by molar-refractivity contribution is 0.193. The topological polar surface area (TPSA) is 84.4 Å². The number of benzene rings is 1. The average Bonchev–Trinajstić information content (AvgIpc) is 2.99. The van der Waals surface area contributed by atoms with E-state index < -0.39 is 5.82 Å². The predicted molar refractivity (Wildman–Crippen MR) is 94.3 cm³/mol. The van der Waals surface area contributed by atoms with Crippen LogP contribution in [0, 0.1) is 5.82 Å². The minimum Gasteiger partial charge on any atom is -0.367 e. The first kappa shape index (κ1) is 17.5. The molecule has 2 aromatic rings. The Balaban J connectivity index is 1.59. The minimum atomic E-state index is -0.515. The van der Waals surface area contributed by atoms with E-state index in [1.165, 1.54) is 18.2 Å². The number of rotatable bonds is 3. The van der Waals surface area contributed by atoms with Crippen LogP contribution < -0.4 is 11.1 Å². The van der Waals surface area contributed by atoms with Crippen LogP contribution in [0.25, 0.3) is 0 Å². The largest absolute Gasteiger partial charge is 0.367 e. The quantitative estimate of drug-likeness (QED) is 0.859. The first-order valence-electron chi connectivity index (χ1n) is 8.24. The van der Waals surface area contributed by atoms with Gasteiger partial charge in [-0.1, -0.05) is 23.7 Å². The van der Waals surface area contributed by atoms with Crippen molar-refractivity contribution >= 4 is 29.2 Å². The van der Waals surface area contributed by atoms with Crippen molar-refractivity contribution in [3.05, 3.63) is 40.3 Å². The summed E-state index contributed by atoms with van der Waals surface area (Å²) in [6.07, 6.45) is 2.35. The normalized spacial score (nSPS) is 15.4. The van der Waals surface area contributed by atoms with Crippen LogP contribution in [0.15, 0.2) is 22.7 Å². The third kappa shape index (κ3) is 3.71. The van der Waals surface area contributed by atoms with Crippen LogP contribution >= 0.6 is 11.6 Å². The molecule has 3 N–H and O–H groups in total. The van der Waals surface area contributed by atoms with Crippen LogP contribution in [-0.2, 0) is 6.42 Å². The molecule has 25 heavy (non-hydrogen) atoms. The molecule has 0 spiro atoms. The maximum Gasteiger partial charge on any atom is 0.321 e. The number of urea groups is 1. The van der Waals surface area contributed by atoms with Crippen molar-refractivity contribution in [3.8, 4) is 0 Å². The van der Waals surface area contributed by atoms with E-state index in [4.69, 9.17) is 21.9 Å².